The molecule has 21 heavy (non-hydrogen) atoms. The summed E-state index contributed by atoms with van der Waals surface area (Å²) in [7, 11) is 0. The third-order valence-electron chi connectivity index (χ3n) is 3.17. The molecule has 1 aromatic heterocycles. The SMILES string of the molecule is Cc1nn(C(C)C(=O)Nc2ccc(Cl)c(Cl)c2)c(C)c1Cl. The Kier molecular flexibility index (Phi) is 4.81. The molecule has 0 aliphatic rings. The smallest absolute Gasteiger partial charge is 0.248 e. The van der Waals surface area contributed by atoms with Crippen molar-refractivity contribution in [1.29, 1.82) is 0 Å². The summed E-state index contributed by atoms with van der Waals surface area (Å²) in [5.41, 5.74) is 2.03. The van der Waals surface area contributed by atoms with Crippen LogP contribution in [0.5, 0.6) is 0 Å². The lowest BCUT2D eigenvalue weighted by atomic mass is 10.2. The van der Waals surface area contributed by atoms with Crippen molar-refractivity contribution in [3.05, 3.63) is 44.7 Å². The van der Waals surface area contributed by atoms with Crippen molar-refractivity contribution in [3.63, 3.8) is 0 Å². The Morgan fingerprint density at radius 1 is 1.24 bits per heavy atom. The number of carbonyl (C=O) groups is 1. The Hall–Kier alpha value is -1.23. The van der Waals surface area contributed by atoms with Crippen LogP contribution in [0.15, 0.2) is 18.2 Å². The number of aryl methyl sites for hydroxylation is 1. The molecule has 0 radical (unpaired) electrons. The van der Waals surface area contributed by atoms with Crippen LogP contribution in [0.1, 0.15) is 24.4 Å². The Labute approximate surface area is 138 Å². The molecule has 0 fully saturated rings. The number of halogens is 3. The average molecular weight is 347 g/mol. The molecule has 7 heteroatoms. The number of nitrogens with one attached hydrogen (secondary N) is 1. The van der Waals surface area contributed by atoms with Crippen molar-refractivity contribution in [2.75, 3.05) is 5.32 Å². The fourth-order valence-electron chi connectivity index (χ4n) is 1.95. The molecule has 0 bridgehead atoms. The first kappa shape index (κ1) is 16.1. The van der Waals surface area contributed by atoms with Gasteiger partial charge in [-0.3, -0.25) is 9.48 Å². The molecule has 0 aliphatic heterocycles. The molecule has 0 spiro atoms. The summed E-state index contributed by atoms with van der Waals surface area (Å²) in [5, 5.41) is 8.46. The average Bonchev–Trinajstić information content (AvgIpc) is 2.69. The summed E-state index contributed by atoms with van der Waals surface area (Å²) in [6.45, 7) is 5.38. The van der Waals surface area contributed by atoms with Crippen LogP contribution >= 0.6 is 34.8 Å². The largest absolute Gasteiger partial charge is 0.324 e. The zero-order chi connectivity index (χ0) is 15.7. The van der Waals surface area contributed by atoms with Crippen LogP contribution in [-0.2, 0) is 4.79 Å². The minimum atomic E-state index is -0.495. The minimum absolute atomic E-state index is 0.212. The normalized spacial score (nSPS) is 12.3. The summed E-state index contributed by atoms with van der Waals surface area (Å²) in [5.74, 6) is -0.212. The van der Waals surface area contributed by atoms with Gasteiger partial charge < -0.3 is 5.32 Å². The number of benzene rings is 1. The van der Waals surface area contributed by atoms with Gasteiger partial charge in [-0.15, -0.1) is 0 Å². The van der Waals surface area contributed by atoms with Gasteiger partial charge in [0.05, 0.1) is 26.5 Å². The second-order valence-corrected chi connectivity index (χ2v) is 5.92. The highest BCUT2D eigenvalue weighted by molar-refractivity contribution is 6.42. The van der Waals surface area contributed by atoms with Gasteiger partial charge in [-0.05, 0) is 39.0 Å². The topological polar surface area (TPSA) is 46.9 Å². The zero-order valence-corrected chi connectivity index (χ0v) is 14.0. The van der Waals surface area contributed by atoms with E-state index in [2.05, 4.69) is 10.4 Å². The van der Waals surface area contributed by atoms with Crippen molar-refractivity contribution >= 4 is 46.4 Å². The molecular formula is C14H14Cl3N3O. The summed E-state index contributed by atoms with van der Waals surface area (Å²) in [6, 6.07) is 4.42. The number of nitrogens with zero attached hydrogens (tertiary/aromatic N) is 2. The molecule has 1 heterocycles. The Bertz CT molecular complexity index is 697. The summed E-state index contributed by atoms with van der Waals surface area (Å²) < 4.78 is 1.60. The van der Waals surface area contributed by atoms with Gasteiger partial charge in [0.1, 0.15) is 6.04 Å². The molecule has 1 atom stereocenters. The van der Waals surface area contributed by atoms with Crippen LogP contribution in [0.3, 0.4) is 0 Å². The van der Waals surface area contributed by atoms with Crippen LogP contribution in [0, 0.1) is 13.8 Å². The van der Waals surface area contributed by atoms with Crippen molar-refractivity contribution in [1.82, 2.24) is 9.78 Å². The van der Waals surface area contributed by atoms with Crippen LogP contribution in [-0.4, -0.2) is 15.7 Å². The van der Waals surface area contributed by atoms with Gasteiger partial charge >= 0.3 is 0 Å². The van der Waals surface area contributed by atoms with Crippen LogP contribution in [0.2, 0.25) is 15.1 Å². The quantitative estimate of drug-likeness (QED) is 0.878. The molecule has 1 aromatic carbocycles. The van der Waals surface area contributed by atoms with Crippen molar-refractivity contribution < 1.29 is 4.79 Å². The van der Waals surface area contributed by atoms with Gasteiger partial charge in [0, 0.05) is 5.69 Å². The third-order valence-corrected chi connectivity index (χ3v) is 4.46. The number of amides is 1. The lowest BCUT2D eigenvalue weighted by Crippen LogP contribution is -2.25. The van der Waals surface area contributed by atoms with Crippen LogP contribution < -0.4 is 5.32 Å². The predicted octanol–water partition coefficient (Wildman–Crippen LogP) is 4.66. The lowest BCUT2D eigenvalue weighted by Gasteiger charge is -2.14. The first-order valence-electron chi connectivity index (χ1n) is 6.28. The molecule has 1 N–H and O–H groups in total. The van der Waals surface area contributed by atoms with E-state index in [1.807, 2.05) is 6.92 Å². The molecule has 0 saturated carbocycles. The van der Waals surface area contributed by atoms with E-state index < -0.39 is 6.04 Å². The van der Waals surface area contributed by atoms with E-state index in [1.54, 1.807) is 36.7 Å². The molecule has 112 valence electrons. The van der Waals surface area contributed by atoms with Gasteiger partial charge in [-0.1, -0.05) is 34.8 Å². The monoisotopic (exact) mass is 345 g/mol. The number of rotatable bonds is 3. The molecule has 0 saturated heterocycles. The Morgan fingerprint density at radius 3 is 2.43 bits per heavy atom. The summed E-state index contributed by atoms with van der Waals surface area (Å²) >= 11 is 17.9. The highest BCUT2D eigenvalue weighted by Crippen LogP contribution is 2.26. The number of hydrogen-bond donors (Lipinski definition) is 1. The number of carbonyl (C=O) groups excluding carboxylic acids is 1. The van der Waals surface area contributed by atoms with Gasteiger partial charge in [0.2, 0.25) is 5.91 Å². The fraction of sp³-hybridized carbons (Fsp3) is 0.286. The maximum atomic E-state index is 12.3. The van der Waals surface area contributed by atoms with Crippen molar-refractivity contribution in [2.24, 2.45) is 0 Å². The highest BCUT2D eigenvalue weighted by Gasteiger charge is 2.20. The minimum Gasteiger partial charge on any atom is -0.324 e. The molecule has 1 unspecified atom stereocenters. The van der Waals surface area contributed by atoms with Gasteiger partial charge in [-0.25, -0.2) is 0 Å². The first-order valence-corrected chi connectivity index (χ1v) is 7.41. The molecule has 2 rings (SSSR count). The van der Waals surface area contributed by atoms with Gasteiger partial charge in [0.25, 0.3) is 0 Å². The summed E-state index contributed by atoms with van der Waals surface area (Å²) in [6.07, 6.45) is 0. The van der Waals surface area contributed by atoms with E-state index in [4.69, 9.17) is 34.8 Å². The van der Waals surface area contributed by atoms with Gasteiger partial charge in [-0.2, -0.15) is 5.10 Å². The molecule has 2 aromatic rings. The first-order chi connectivity index (χ1) is 9.81. The van der Waals surface area contributed by atoms with Crippen molar-refractivity contribution in [2.45, 2.75) is 26.8 Å². The highest BCUT2D eigenvalue weighted by atomic mass is 35.5. The second kappa shape index (κ2) is 6.26. The zero-order valence-electron chi connectivity index (χ0n) is 11.7. The number of aromatic nitrogens is 2. The molecule has 0 aliphatic carbocycles. The standard InChI is InChI=1S/C14H14Cl3N3O/c1-7-13(17)8(2)20(19-7)9(3)14(21)18-10-4-5-11(15)12(16)6-10/h4-6,9H,1-3H3,(H,18,21). The van der Waals surface area contributed by atoms with Crippen molar-refractivity contribution in [3.8, 4) is 0 Å². The third kappa shape index (κ3) is 3.34. The van der Waals surface area contributed by atoms with E-state index in [0.29, 0.717) is 26.4 Å². The fourth-order valence-corrected chi connectivity index (χ4v) is 2.37. The maximum Gasteiger partial charge on any atom is 0.248 e. The van der Waals surface area contributed by atoms with Gasteiger partial charge in [0.15, 0.2) is 0 Å². The van der Waals surface area contributed by atoms with E-state index in [0.717, 1.165) is 5.69 Å². The molecule has 4 nitrogen and oxygen atoms in total. The second-order valence-electron chi connectivity index (χ2n) is 4.72. The Morgan fingerprint density at radius 2 is 1.90 bits per heavy atom. The summed E-state index contributed by atoms with van der Waals surface area (Å²) in [4.78, 5) is 12.3. The van der Waals surface area contributed by atoms with E-state index in [-0.39, 0.29) is 5.91 Å². The predicted molar refractivity (Wildman–Crippen MR) is 86.5 cm³/mol. The number of anilines is 1. The lowest BCUT2D eigenvalue weighted by molar-refractivity contribution is -0.119. The van der Waals surface area contributed by atoms with E-state index in [1.165, 1.54) is 0 Å². The van der Waals surface area contributed by atoms with Crippen LogP contribution in [0.25, 0.3) is 0 Å². The molecule has 1 amide bonds. The molecular weight excluding hydrogens is 333 g/mol. The Balaban J connectivity index is 2.19. The number of hydrogen-bond acceptors (Lipinski definition) is 2. The van der Waals surface area contributed by atoms with E-state index in [9.17, 15) is 4.79 Å². The maximum absolute atomic E-state index is 12.3. The van der Waals surface area contributed by atoms with E-state index >= 15 is 0 Å². The van der Waals surface area contributed by atoms with Crippen LogP contribution in [0.4, 0.5) is 5.69 Å².